The van der Waals surface area contributed by atoms with Gasteiger partial charge in [0.1, 0.15) is 5.82 Å². The summed E-state index contributed by atoms with van der Waals surface area (Å²) < 4.78 is 13.1. The maximum Gasteiger partial charge on any atom is 0.123 e. The smallest absolute Gasteiger partial charge is 0.123 e. The minimum absolute atomic E-state index is 0.190. The fourth-order valence-electron chi connectivity index (χ4n) is 3.74. The van der Waals surface area contributed by atoms with E-state index >= 15 is 0 Å². The van der Waals surface area contributed by atoms with Gasteiger partial charge in [0.2, 0.25) is 0 Å². The van der Waals surface area contributed by atoms with Crippen LogP contribution in [0.1, 0.15) is 43.0 Å². The van der Waals surface area contributed by atoms with Gasteiger partial charge in [0.15, 0.2) is 0 Å². The van der Waals surface area contributed by atoms with Crippen LogP contribution < -0.4 is 5.32 Å². The van der Waals surface area contributed by atoms with Gasteiger partial charge < -0.3 is 5.32 Å². The normalized spacial score (nSPS) is 28.2. The van der Waals surface area contributed by atoms with Crippen molar-refractivity contribution in [2.75, 3.05) is 0 Å². The van der Waals surface area contributed by atoms with Crippen molar-refractivity contribution in [3.05, 3.63) is 89.4 Å². The van der Waals surface area contributed by atoms with E-state index in [9.17, 15) is 4.39 Å². The third kappa shape index (κ3) is 2.56. The van der Waals surface area contributed by atoms with Gasteiger partial charge in [-0.1, -0.05) is 62.4 Å². The van der Waals surface area contributed by atoms with Gasteiger partial charge in [0, 0.05) is 6.20 Å². The van der Waals surface area contributed by atoms with Gasteiger partial charge in [0.25, 0.3) is 0 Å². The van der Waals surface area contributed by atoms with Crippen molar-refractivity contribution in [2.24, 2.45) is 5.92 Å². The van der Waals surface area contributed by atoms with Gasteiger partial charge in [-0.05, 0) is 52.1 Å². The highest BCUT2D eigenvalue weighted by Gasteiger charge is 2.49. The fraction of sp³-hybridized carbons (Fsp3) is 0.273. The lowest BCUT2D eigenvalue weighted by atomic mass is 9.87. The van der Waals surface area contributed by atoms with Gasteiger partial charge in [-0.15, -0.1) is 0 Å². The number of rotatable bonds is 3. The van der Waals surface area contributed by atoms with Crippen LogP contribution in [0.5, 0.6) is 0 Å². The summed E-state index contributed by atoms with van der Waals surface area (Å²) in [6, 6.07) is 15.6. The molecule has 2 aliphatic rings. The van der Waals surface area contributed by atoms with E-state index in [0.29, 0.717) is 5.41 Å². The highest BCUT2D eigenvalue weighted by Crippen LogP contribution is 2.55. The molecule has 0 aromatic heterocycles. The Morgan fingerprint density at radius 1 is 1.08 bits per heavy atom. The van der Waals surface area contributed by atoms with Gasteiger partial charge >= 0.3 is 0 Å². The summed E-state index contributed by atoms with van der Waals surface area (Å²) in [6.45, 7) is 4.69. The molecule has 2 aromatic carbocycles. The minimum Gasteiger partial charge on any atom is -0.380 e. The molecular formula is C22H22FN. The zero-order chi connectivity index (χ0) is 16.7. The van der Waals surface area contributed by atoms with Gasteiger partial charge in [-0.3, -0.25) is 0 Å². The second-order valence-electron chi connectivity index (χ2n) is 7.22. The van der Waals surface area contributed by atoms with Crippen LogP contribution in [0.25, 0.3) is 5.57 Å². The first-order valence-electron chi connectivity index (χ1n) is 8.58. The summed E-state index contributed by atoms with van der Waals surface area (Å²) in [5, 5.41) is 3.51. The zero-order valence-electron chi connectivity index (χ0n) is 14.1. The molecule has 3 unspecified atom stereocenters. The maximum atomic E-state index is 13.1. The third-order valence-corrected chi connectivity index (χ3v) is 5.63. The lowest BCUT2D eigenvalue weighted by Crippen LogP contribution is -2.20. The number of halogens is 1. The molecule has 4 rings (SSSR count). The Morgan fingerprint density at radius 3 is 2.42 bits per heavy atom. The van der Waals surface area contributed by atoms with Crippen LogP contribution in [0, 0.1) is 11.7 Å². The Labute approximate surface area is 142 Å². The summed E-state index contributed by atoms with van der Waals surface area (Å²) >= 11 is 0. The largest absolute Gasteiger partial charge is 0.380 e. The molecule has 2 heteroatoms. The van der Waals surface area contributed by atoms with E-state index in [1.54, 1.807) is 0 Å². The van der Waals surface area contributed by atoms with Crippen molar-refractivity contribution in [2.45, 2.75) is 31.7 Å². The van der Waals surface area contributed by atoms with Crippen LogP contribution in [0.3, 0.4) is 0 Å². The predicted octanol–water partition coefficient (Wildman–Crippen LogP) is 5.36. The van der Waals surface area contributed by atoms with Gasteiger partial charge in [-0.25, -0.2) is 4.39 Å². The molecule has 1 fully saturated rings. The molecule has 0 bridgehead atoms. The molecule has 24 heavy (non-hydrogen) atoms. The zero-order valence-corrected chi connectivity index (χ0v) is 14.1. The topological polar surface area (TPSA) is 12.0 Å². The van der Waals surface area contributed by atoms with Crippen LogP contribution in [0.4, 0.5) is 4.39 Å². The number of benzene rings is 2. The van der Waals surface area contributed by atoms with Crippen LogP contribution in [-0.2, 0) is 5.41 Å². The lowest BCUT2D eigenvalue weighted by Gasteiger charge is -2.24. The van der Waals surface area contributed by atoms with E-state index in [-0.39, 0.29) is 11.9 Å². The molecule has 1 N–H and O–H groups in total. The first-order valence-corrected chi connectivity index (χ1v) is 8.58. The lowest BCUT2D eigenvalue weighted by molar-refractivity contribution is 0.627. The second kappa shape index (κ2) is 5.62. The van der Waals surface area contributed by atoms with E-state index in [1.807, 2.05) is 18.3 Å². The van der Waals surface area contributed by atoms with E-state index < -0.39 is 0 Å². The van der Waals surface area contributed by atoms with Gasteiger partial charge in [0.05, 0.1) is 6.04 Å². The number of hydrogen-bond acceptors (Lipinski definition) is 1. The van der Waals surface area contributed by atoms with Crippen LogP contribution in [-0.4, -0.2) is 0 Å². The highest BCUT2D eigenvalue weighted by atomic mass is 19.1. The second-order valence-corrected chi connectivity index (χ2v) is 7.22. The predicted molar refractivity (Wildman–Crippen MR) is 97.0 cm³/mol. The molecule has 2 aromatic rings. The number of nitrogens with one attached hydrogen (secondary N) is 1. The van der Waals surface area contributed by atoms with E-state index in [2.05, 4.69) is 55.6 Å². The molecule has 1 heterocycles. The van der Waals surface area contributed by atoms with Crippen LogP contribution >= 0.6 is 0 Å². The summed E-state index contributed by atoms with van der Waals surface area (Å²) in [4.78, 5) is 0. The van der Waals surface area contributed by atoms with Crippen LogP contribution in [0.2, 0.25) is 0 Å². The van der Waals surface area contributed by atoms with Crippen molar-refractivity contribution in [3.63, 3.8) is 0 Å². The molecule has 1 nitrogen and oxygen atoms in total. The summed E-state index contributed by atoms with van der Waals surface area (Å²) in [7, 11) is 0. The summed E-state index contributed by atoms with van der Waals surface area (Å²) in [5.41, 5.74) is 5.23. The average molecular weight is 319 g/mol. The Balaban J connectivity index is 1.59. The Hall–Kier alpha value is -2.35. The van der Waals surface area contributed by atoms with Crippen molar-refractivity contribution in [1.82, 2.24) is 5.32 Å². The monoisotopic (exact) mass is 319 g/mol. The third-order valence-electron chi connectivity index (χ3n) is 5.63. The number of hydrogen-bond donors (Lipinski definition) is 1. The minimum atomic E-state index is -0.203. The van der Waals surface area contributed by atoms with Crippen molar-refractivity contribution < 1.29 is 4.39 Å². The fourth-order valence-corrected chi connectivity index (χ4v) is 3.74. The number of dihydropyridines is 1. The molecule has 122 valence electrons. The van der Waals surface area contributed by atoms with Crippen molar-refractivity contribution in [3.8, 4) is 0 Å². The average Bonchev–Trinajstić information content (AvgIpc) is 3.24. The number of allylic oxidation sites excluding steroid dienone is 2. The molecule has 1 saturated carbocycles. The Bertz CT molecular complexity index is 818. The maximum absolute atomic E-state index is 13.1. The highest BCUT2D eigenvalue weighted by molar-refractivity contribution is 5.75. The molecule has 0 spiro atoms. The molecular weight excluding hydrogens is 297 g/mol. The molecule has 3 atom stereocenters. The summed E-state index contributed by atoms with van der Waals surface area (Å²) in [5.74, 6) is 0.544. The van der Waals surface area contributed by atoms with E-state index in [4.69, 9.17) is 0 Å². The van der Waals surface area contributed by atoms with Crippen molar-refractivity contribution in [1.29, 1.82) is 0 Å². The van der Waals surface area contributed by atoms with Gasteiger partial charge in [-0.2, -0.15) is 0 Å². The summed E-state index contributed by atoms with van der Waals surface area (Å²) in [6.07, 6.45) is 7.63. The first-order chi connectivity index (χ1) is 11.6. The molecule has 0 amide bonds. The van der Waals surface area contributed by atoms with Crippen molar-refractivity contribution >= 4 is 5.57 Å². The molecule has 0 saturated heterocycles. The standard InChI is InChI=1S/C22H22FN/c1-15-13-22(15,2)20-6-4-3-5-19(20)21-12-9-17(14-24-21)16-7-10-18(23)11-8-16/h3-12,14-15,21,24H,13H2,1-2H3. The Morgan fingerprint density at radius 2 is 1.79 bits per heavy atom. The quantitative estimate of drug-likeness (QED) is 0.802. The van der Waals surface area contributed by atoms with E-state index in [0.717, 1.165) is 17.1 Å². The SMILES string of the molecule is CC1CC1(C)c1ccccc1C1C=CC(c2ccc(F)cc2)=CN1. The van der Waals surface area contributed by atoms with Crippen LogP contribution in [0.15, 0.2) is 66.9 Å². The molecule has 1 aliphatic heterocycles. The van der Waals surface area contributed by atoms with E-state index in [1.165, 1.54) is 29.7 Å². The molecule has 0 radical (unpaired) electrons. The Kier molecular flexibility index (Phi) is 3.56. The molecule has 1 aliphatic carbocycles. The first kappa shape index (κ1) is 15.2.